The molecule has 0 bridgehead atoms. The Kier molecular flexibility index (Phi) is 2.59. The molecule has 0 aromatic carbocycles. The van der Waals surface area contributed by atoms with E-state index in [0.717, 1.165) is 11.3 Å². The summed E-state index contributed by atoms with van der Waals surface area (Å²) in [5.41, 5.74) is 0.212. The molecule has 1 heterocycles. The first-order valence-electron chi connectivity index (χ1n) is 2.94. The Morgan fingerprint density at radius 2 is 2.08 bits per heavy atom. The SMILES string of the molecule is CSc1sc(C#N)c(O)c1C#N. The zero-order valence-electron chi connectivity index (χ0n) is 6.16. The lowest BCUT2D eigenvalue weighted by Gasteiger charge is -1.87. The van der Waals surface area contributed by atoms with E-state index in [-0.39, 0.29) is 16.2 Å². The molecule has 0 aliphatic heterocycles. The van der Waals surface area contributed by atoms with Crippen molar-refractivity contribution in [3.8, 4) is 17.9 Å². The van der Waals surface area contributed by atoms with Gasteiger partial charge in [-0.25, -0.2) is 0 Å². The zero-order valence-corrected chi connectivity index (χ0v) is 7.79. The Morgan fingerprint density at radius 1 is 1.42 bits per heavy atom. The molecule has 5 heteroatoms. The van der Waals surface area contributed by atoms with E-state index in [9.17, 15) is 5.11 Å². The van der Waals surface area contributed by atoms with E-state index in [2.05, 4.69) is 0 Å². The van der Waals surface area contributed by atoms with Crippen LogP contribution >= 0.6 is 23.1 Å². The van der Waals surface area contributed by atoms with Gasteiger partial charge in [0.15, 0.2) is 5.75 Å². The van der Waals surface area contributed by atoms with Gasteiger partial charge in [0.1, 0.15) is 22.6 Å². The molecule has 0 unspecified atom stereocenters. The third-order valence-electron chi connectivity index (χ3n) is 1.25. The van der Waals surface area contributed by atoms with Crippen molar-refractivity contribution in [2.24, 2.45) is 0 Å². The van der Waals surface area contributed by atoms with E-state index in [1.807, 2.05) is 12.1 Å². The highest BCUT2D eigenvalue weighted by atomic mass is 32.2. The number of nitriles is 2. The van der Waals surface area contributed by atoms with E-state index in [0.29, 0.717) is 4.21 Å². The summed E-state index contributed by atoms with van der Waals surface area (Å²) >= 11 is 2.50. The van der Waals surface area contributed by atoms with Crippen molar-refractivity contribution < 1.29 is 5.11 Å². The summed E-state index contributed by atoms with van der Waals surface area (Å²) in [5, 5.41) is 26.4. The normalized spacial score (nSPS) is 8.92. The maximum Gasteiger partial charge on any atom is 0.163 e. The summed E-state index contributed by atoms with van der Waals surface area (Å²) in [6.45, 7) is 0. The minimum atomic E-state index is -0.186. The van der Waals surface area contributed by atoms with Crippen molar-refractivity contribution in [1.82, 2.24) is 0 Å². The summed E-state index contributed by atoms with van der Waals surface area (Å²) in [6, 6.07) is 3.69. The number of hydrogen-bond acceptors (Lipinski definition) is 5. The molecule has 0 aliphatic carbocycles. The molecule has 1 N–H and O–H groups in total. The molecule has 0 aliphatic rings. The molecule has 1 aromatic rings. The lowest BCUT2D eigenvalue weighted by molar-refractivity contribution is 0.474. The largest absolute Gasteiger partial charge is 0.504 e. The van der Waals surface area contributed by atoms with Gasteiger partial charge in [-0.15, -0.1) is 23.1 Å². The summed E-state index contributed by atoms with van der Waals surface area (Å²) in [5.74, 6) is -0.186. The number of aromatic hydroxyl groups is 1. The fraction of sp³-hybridized carbons (Fsp3) is 0.143. The topological polar surface area (TPSA) is 67.8 Å². The monoisotopic (exact) mass is 196 g/mol. The van der Waals surface area contributed by atoms with Crippen molar-refractivity contribution in [3.63, 3.8) is 0 Å². The minimum absolute atomic E-state index is 0.186. The van der Waals surface area contributed by atoms with Gasteiger partial charge < -0.3 is 5.11 Å². The van der Waals surface area contributed by atoms with Crippen LogP contribution in [0.4, 0.5) is 0 Å². The average molecular weight is 196 g/mol. The molecule has 60 valence electrons. The predicted octanol–water partition coefficient (Wildman–Crippen LogP) is 1.92. The third-order valence-corrected chi connectivity index (χ3v) is 3.45. The van der Waals surface area contributed by atoms with Crippen LogP contribution in [0.5, 0.6) is 5.75 Å². The Hall–Kier alpha value is -1.17. The summed E-state index contributed by atoms with van der Waals surface area (Å²) in [4.78, 5) is 0.205. The fourth-order valence-electron chi connectivity index (χ4n) is 0.720. The first-order chi connectivity index (χ1) is 5.74. The maximum absolute atomic E-state index is 9.29. The van der Waals surface area contributed by atoms with Crippen molar-refractivity contribution in [1.29, 1.82) is 10.5 Å². The summed E-state index contributed by atoms with van der Waals surface area (Å²) < 4.78 is 0.687. The second-order valence-corrected chi connectivity index (χ2v) is 3.97. The Labute approximate surface area is 77.9 Å². The van der Waals surface area contributed by atoms with Crippen LogP contribution in [0.3, 0.4) is 0 Å². The van der Waals surface area contributed by atoms with Gasteiger partial charge in [-0.1, -0.05) is 0 Å². The molecule has 3 nitrogen and oxygen atoms in total. The number of nitrogens with zero attached hydrogens (tertiary/aromatic N) is 2. The van der Waals surface area contributed by atoms with Gasteiger partial charge >= 0.3 is 0 Å². The second-order valence-electron chi connectivity index (χ2n) is 1.87. The van der Waals surface area contributed by atoms with Crippen LogP contribution in [-0.2, 0) is 0 Å². The van der Waals surface area contributed by atoms with E-state index in [1.165, 1.54) is 11.8 Å². The molecule has 0 amide bonds. The molecule has 0 radical (unpaired) electrons. The van der Waals surface area contributed by atoms with Crippen LogP contribution in [0, 0.1) is 22.7 Å². The van der Waals surface area contributed by atoms with E-state index >= 15 is 0 Å². The van der Waals surface area contributed by atoms with Crippen molar-refractivity contribution in [3.05, 3.63) is 10.4 Å². The predicted molar refractivity (Wildman–Crippen MR) is 47.2 cm³/mol. The van der Waals surface area contributed by atoms with Crippen molar-refractivity contribution in [2.75, 3.05) is 6.26 Å². The average Bonchev–Trinajstić information content (AvgIpc) is 2.41. The van der Waals surface area contributed by atoms with Gasteiger partial charge in [0.25, 0.3) is 0 Å². The standard InChI is InChI=1S/C7H4N2OS2/c1-11-7-4(2-8)6(10)5(3-9)12-7/h10H,1H3. The summed E-state index contributed by atoms with van der Waals surface area (Å²) in [7, 11) is 0. The van der Waals surface area contributed by atoms with Gasteiger partial charge in [0.2, 0.25) is 0 Å². The highest BCUT2D eigenvalue weighted by Gasteiger charge is 2.15. The highest BCUT2D eigenvalue weighted by molar-refractivity contribution is 8.00. The molecule has 0 atom stereocenters. The number of thiophene rings is 1. The summed E-state index contributed by atoms with van der Waals surface area (Å²) in [6.07, 6.45) is 1.80. The highest BCUT2D eigenvalue weighted by Crippen LogP contribution is 2.38. The lowest BCUT2D eigenvalue weighted by Crippen LogP contribution is -1.71. The maximum atomic E-state index is 9.29. The third kappa shape index (κ3) is 1.25. The number of hydrogen-bond donors (Lipinski definition) is 1. The van der Waals surface area contributed by atoms with Gasteiger partial charge in [-0.2, -0.15) is 10.5 Å². The van der Waals surface area contributed by atoms with E-state index in [1.54, 1.807) is 6.26 Å². The van der Waals surface area contributed by atoms with E-state index < -0.39 is 0 Å². The molecule has 0 fully saturated rings. The molecule has 12 heavy (non-hydrogen) atoms. The Bertz CT molecular complexity index is 383. The van der Waals surface area contributed by atoms with Crippen LogP contribution < -0.4 is 0 Å². The first-order valence-corrected chi connectivity index (χ1v) is 4.98. The van der Waals surface area contributed by atoms with Gasteiger partial charge in [0, 0.05) is 0 Å². The van der Waals surface area contributed by atoms with Crippen LogP contribution in [0.25, 0.3) is 0 Å². The van der Waals surface area contributed by atoms with Crippen molar-refractivity contribution in [2.45, 2.75) is 4.21 Å². The van der Waals surface area contributed by atoms with Crippen LogP contribution in [-0.4, -0.2) is 11.4 Å². The molecule has 0 saturated carbocycles. The molecular weight excluding hydrogens is 192 g/mol. The second kappa shape index (κ2) is 3.48. The first kappa shape index (κ1) is 8.92. The molecule has 0 spiro atoms. The van der Waals surface area contributed by atoms with Gasteiger partial charge in [-0.3, -0.25) is 0 Å². The molecule has 1 rings (SSSR count). The van der Waals surface area contributed by atoms with Gasteiger partial charge in [-0.05, 0) is 6.26 Å². The Morgan fingerprint density at radius 3 is 2.42 bits per heavy atom. The van der Waals surface area contributed by atoms with Crippen molar-refractivity contribution >= 4 is 23.1 Å². The molecular formula is C7H4N2OS2. The zero-order chi connectivity index (χ0) is 9.14. The minimum Gasteiger partial charge on any atom is -0.504 e. The van der Waals surface area contributed by atoms with Crippen LogP contribution in [0.1, 0.15) is 10.4 Å². The fourth-order valence-corrected chi connectivity index (χ4v) is 2.32. The van der Waals surface area contributed by atoms with Crippen LogP contribution in [0.15, 0.2) is 4.21 Å². The quantitative estimate of drug-likeness (QED) is 0.697. The number of rotatable bonds is 1. The lowest BCUT2D eigenvalue weighted by atomic mass is 10.3. The molecule has 0 saturated heterocycles. The molecule has 1 aromatic heterocycles. The van der Waals surface area contributed by atoms with E-state index in [4.69, 9.17) is 10.5 Å². The smallest absolute Gasteiger partial charge is 0.163 e. The Balaban J connectivity index is 3.37. The van der Waals surface area contributed by atoms with Gasteiger partial charge in [0.05, 0.1) is 4.21 Å². The van der Waals surface area contributed by atoms with Crippen LogP contribution in [0.2, 0.25) is 0 Å². The number of thioether (sulfide) groups is 1.